The number of hydrogen-bond donors (Lipinski definition) is 3. The summed E-state index contributed by atoms with van der Waals surface area (Å²) in [5, 5.41) is 18.8. The number of aliphatic hydroxyl groups is 1. The maximum absolute atomic E-state index is 14.0. The average molecular weight is 621 g/mol. The molecule has 2 aromatic rings. The number of hydroxylamine groups is 2. The molecule has 4 fully saturated rings. The van der Waals surface area contributed by atoms with E-state index >= 15 is 0 Å². The van der Waals surface area contributed by atoms with Gasteiger partial charge < -0.3 is 25.4 Å². The topological polar surface area (TPSA) is 103 Å². The van der Waals surface area contributed by atoms with Gasteiger partial charge in [-0.1, -0.05) is 39.0 Å². The summed E-state index contributed by atoms with van der Waals surface area (Å²) in [6.07, 6.45) is 1.52. The number of carbonyl (C=O) groups is 2. The van der Waals surface area contributed by atoms with Gasteiger partial charge in [-0.05, 0) is 80.5 Å². The van der Waals surface area contributed by atoms with Crippen LogP contribution in [0.1, 0.15) is 70.3 Å². The minimum atomic E-state index is -0.709. The predicted molar refractivity (Wildman–Crippen MR) is 177 cm³/mol. The Morgan fingerprint density at radius 2 is 1.89 bits per heavy atom. The molecule has 1 aliphatic heterocycles. The van der Waals surface area contributed by atoms with Crippen LogP contribution in [0.25, 0.3) is 11.1 Å². The second-order valence-electron chi connectivity index (χ2n) is 14.6. The van der Waals surface area contributed by atoms with E-state index in [1.165, 1.54) is 6.42 Å². The number of anilines is 1. The smallest absolute Gasteiger partial charge is 0.251 e. The Labute approximate surface area is 268 Å². The van der Waals surface area contributed by atoms with Crippen LogP contribution in [0.4, 0.5) is 5.69 Å². The predicted octanol–water partition coefficient (Wildman–Crippen LogP) is 4.87. The maximum atomic E-state index is 14.0. The SMILES string of the molecule is COc1c(CN2OC[C@@H]([C@H](C)O)[C@H]2C(=O)N[C@H]2C[C@H]3C[C@@H]([C@@H]2C)C3(C)C)cccc1-c1cc(C(=O)NC(C)C)cc(N(C)C)c1. The van der Waals surface area contributed by atoms with Crippen molar-refractivity contribution in [2.24, 2.45) is 29.1 Å². The van der Waals surface area contributed by atoms with E-state index in [0.717, 1.165) is 28.8 Å². The van der Waals surface area contributed by atoms with E-state index in [1.54, 1.807) is 19.1 Å². The molecule has 2 bridgehead atoms. The van der Waals surface area contributed by atoms with Gasteiger partial charge in [-0.15, -0.1) is 0 Å². The fourth-order valence-corrected chi connectivity index (χ4v) is 7.89. The minimum absolute atomic E-state index is 0.0109. The summed E-state index contributed by atoms with van der Waals surface area (Å²) >= 11 is 0. The number of nitrogens with zero attached hydrogens (tertiary/aromatic N) is 2. The molecule has 1 saturated heterocycles. The summed E-state index contributed by atoms with van der Waals surface area (Å²) in [7, 11) is 5.53. The fourth-order valence-electron chi connectivity index (χ4n) is 7.89. The van der Waals surface area contributed by atoms with Crippen LogP contribution in [0, 0.1) is 29.1 Å². The van der Waals surface area contributed by atoms with Gasteiger partial charge in [0.05, 0.1) is 26.4 Å². The van der Waals surface area contributed by atoms with E-state index in [-0.39, 0.29) is 36.4 Å². The zero-order valence-electron chi connectivity index (χ0n) is 28.4. The van der Waals surface area contributed by atoms with Gasteiger partial charge >= 0.3 is 0 Å². The van der Waals surface area contributed by atoms with Gasteiger partial charge in [-0.2, -0.15) is 5.06 Å². The molecule has 45 heavy (non-hydrogen) atoms. The third kappa shape index (κ3) is 6.44. The number of methoxy groups -OCH3 is 1. The third-order valence-electron chi connectivity index (χ3n) is 10.8. The van der Waals surface area contributed by atoms with Crippen molar-refractivity contribution in [2.45, 2.75) is 85.2 Å². The lowest BCUT2D eigenvalue weighted by Gasteiger charge is -2.62. The quantitative estimate of drug-likeness (QED) is 0.349. The van der Waals surface area contributed by atoms with Crippen LogP contribution < -0.4 is 20.3 Å². The van der Waals surface area contributed by atoms with E-state index in [1.807, 2.05) is 69.2 Å². The first-order valence-electron chi connectivity index (χ1n) is 16.4. The Kier molecular flexibility index (Phi) is 9.55. The first-order valence-corrected chi connectivity index (χ1v) is 16.4. The highest BCUT2D eigenvalue weighted by atomic mass is 16.7. The first kappa shape index (κ1) is 33.2. The molecule has 6 rings (SSSR count). The van der Waals surface area contributed by atoms with Crippen LogP contribution in [-0.2, 0) is 16.2 Å². The van der Waals surface area contributed by atoms with Crippen LogP contribution in [0.5, 0.6) is 5.75 Å². The van der Waals surface area contributed by atoms with E-state index in [2.05, 4.69) is 31.4 Å². The zero-order chi connectivity index (χ0) is 32.8. The average Bonchev–Trinajstić information content (AvgIpc) is 3.41. The molecule has 3 saturated carbocycles. The van der Waals surface area contributed by atoms with E-state index in [4.69, 9.17) is 9.57 Å². The Morgan fingerprint density at radius 1 is 1.16 bits per heavy atom. The molecule has 3 N–H and O–H groups in total. The molecule has 0 aromatic heterocycles. The summed E-state index contributed by atoms with van der Waals surface area (Å²) in [6, 6.07) is 11.2. The molecule has 3 aliphatic carbocycles. The molecular formula is C36H52N4O5. The maximum Gasteiger partial charge on any atom is 0.251 e. The number of amides is 2. The lowest BCUT2D eigenvalue weighted by Crippen LogP contribution is -2.62. The molecule has 246 valence electrons. The Bertz CT molecular complexity index is 1410. The summed E-state index contributed by atoms with van der Waals surface area (Å²) in [4.78, 5) is 35.1. The van der Waals surface area contributed by atoms with Crippen LogP contribution in [-0.4, -0.2) is 74.0 Å². The van der Waals surface area contributed by atoms with Crippen molar-refractivity contribution >= 4 is 17.5 Å². The van der Waals surface area contributed by atoms with Gasteiger partial charge in [0.25, 0.3) is 5.91 Å². The highest BCUT2D eigenvalue weighted by molar-refractivity contribution is 5.97. The van der Waals surface area contributed by atoms with Crippen LogP contribution in [0.15, 0.2) is 36.4 Å². The van der Waals surface area contributed by atoms with E-state index in [9.17, 15) is 14.7 Å². The molecule has 0 radical (unpaired) electrons. The number of nitrogens with one attached hydrogen (secondary N) is 2. The monoisotopic (exact) mass is 620 g/mol. The summed E-state index contributed by atoms with van der Waals surface area (Å²) in [5.74, 6) is 1.70. The lowest BCUT2D eigenvalue weighted by molar-refractivity contribution is -0.161. The highest BCUT2D eigenvalue weighted by Gasteiger charge is 2.57. The normalized spacial score (nSPS) is 27.9. The number of para-hydroxylation sites is 1. The van der Waals surface area contributed by atoms with Crippen LogP contribution in [0.3, 0.4) is 0 Å². The summed E-state index contributed by atoms with van der Waals surface area (Å²) in [5.41, 5.74) is 4.32. The van der Waals surface area contributed by atoms with E-state index in [0.29, 0.717) is 41.0 Å². The molecule has 1 heterocycles. The highest BCUT2D eigenvalue weighted by Crippen LogP contribution is 2.61. The number of rotatable bonds is 10. The Hall–Kier alpha value is -3.14. The molecule has 2 aromatic carbocycles. The number of carbonyl (C=O) groups excluding carboxylic acids is 2. The molecular weight excluding hydrogens is 568 g/mol. The lowest BCUT2D eigenvalue weighted by atomic mass is 9.45. The molecule has 7 atom stereocenters. The number of fused-ring (bicyclic) bond motifs is 2. The number of aliphatic hydroxyl groups excluding tert-OH is 1. The van der Waals surface area contributed by atoms with Gasteiger partial charge in [0, 0.05) is 54.5 Å². The van der Waals surface area contributed by atoms with Gasteiger partial charge in [-0.25, -0.2) is 0 Å². The molecule has 2 amide bonds. The van der Waals surface area contributed by atoms with Gasteiger partial charge in [0.15, 0.2) is 0 Å². The van der Waals surface area contributed by atoms with E-state index < -0.39 is 12.1 Å². The first-order chi connectivity index (χ1) is 21.2. The number of benzene rings is 2. The Morgan fingerprint density at radius 3 is 2.49 bits per heavy atom. The van der Waals surface area contributed by atoms with Crippen molar-refractivity contribution in [3.05, 3.63) is 47.5 Å². The largest absolute Gasteiger partial charge is 0.496 e. The zero-order valence-corrected chi connectivity index (χ0v) is 28.4. The van der Waals surface area contributed by atoms with Gasteiger partial charge in [-0.3, -0.25) is 14.4 Å². The standard InChI is InChI=1S/C36H52N4O5/c1-20(2)37-34(42)25-13-24(14-27(15-25)39(7)8)28-12-10-11-23(33(28)44-9)18-40-32(29(19-45-40)22(4)41)35(43)38-31-17-26-16-30(21(31)3)36(26,5)6/h10-15,20-22,26,29-32,41H,16-19H2,1-9H3,(H,37,42)(H,38,43)/t21-,22-,26+,29-,30-,31-,32-/m0/s1. The van der Waals surface area contributed by atoms with Gasteiger partial charge in [0.1, 0.15) is 11.8 Å². The van der Waals surface area contributed by atoms with Crippen molar-refractivity contribution in [1.29, 1.82) is 0 Å². The second-order valence-corrected chi connectivity index (χ2v) is 14.6. The third-order valence-corrected chi connectivity index (χ3v) is 10.8. The fraction of sp³-hybridized carbons (Fsp3) is 0.611. The minimum Gasteiger partial charge on any atom is -0.496 e. The van der Waals surface area contributed by atoms with Crippen molar-refractivity contribution in [1.82, 2.24) is 15.7 Å². The molecule has 0 unspecified atom stereocenters. The molecule has 0 spiro atoms. The molecule has 9 heteroatoms. The molecule has 9 nitrogen and oxygen atoms in total. The van der Waals surface area contributed by atoms with Crippen LogP contribution >= 0.6 is 0 Å². The van der Waals surface area contributed by atoms with Crippen molar-refractivity contribution < 1.29 is 24.3 Å². The second kappa shape index (κ2) is 12.9. The van der Waals surface area contributed by atoms with Crippen molar-refractivity contribution in [2.75, 3.05) is 32.7 Å². The Balaban J connectivity index is 1.42. The number of ether oxygens (including phenoxy) is 1. The summed E-state index contributed by atoms with van der Waals surface area (Å²) < 4.78 is 6.00. The van der Waals surface area contributed by atoms with Gasteiger partial charge in [0.2, 0.25) is 5.91 Å². The number of hydrogen-bond acceptors (Lipinski definition) is 7. The van der Waals surface area contributed by atoms with Crippen molar-refractivity contribution in [3.8, 4) is 16.9 Å². The van der Waals surface area contributed by atoms with Crippen LogP contribution in [0.2, 0.25) is 0 Å². The summed E-state index contributed by atoms with van der Waals surface area (Å²) in [6.45, 7) is 13.1. The van der Waals surface area contributed by atoms with Crippen molar-refractivity contribution in [3.63, 3.8) is 0 Å². The molecule has 4 aliphatic rings.